The molecule has 0 atom stereocenters. The molecule has 1 saturated heterocycles. The molecular formula is C24H28N4O2. The van der Waals surface area contributed by atoms with Gasteiger partial charge in [-0.2, -0.15) is 5.10 Å². The highest BCUT2D eigenvalue weighted by atomic mass is 16.5. The molecule has 2 aromatic carbocycles. The normalized spacial score (nSPS) is 15.1. The van der Waals surface area contributed by atoms with E-state index in [1.807, 2.05) is 35.2 Å². The maximum absolute atomic E-state index is 13.2. The van der Waals surface area contributed by atoms with E-state index in [2.05, 4.69) is 41.2 Å². The van der Waals surface area contributed by atoms with Crippen LogP contribution in [0.25, 0.3) is 5.69 Å². The first kappa shape index (κ1) is 20.2. The summed E-state index contributed by atoms with van der Waals surface area (Å²) in [6, 6.07) is 18.3. The lowest BCUT2D eigenvalue weighted by molar-refractivity contribution is 0.0751. The molecule has 6 nitrogen and oxygen atoms in total. The average molecular weight is 405 g/mol. The van der Waals surface area contributed by atoms with Crippen molar-refractivity contribution >= 4 is 5.91 Å². The Morgan fingerprint density at radius 2 is 1.77 bits per heavy atom. The average Bonchev–Trinajstić information content (AvgIpc) is 3.08. The number of ether oxygens (including phenoxy) is 1. The zero-order chi connectivity index (χ0) is 20.9. The Labute approximate surface area is 177 Å². The molecule has 1 aliphatic heterocycles. The molecule has 3 aromatic rings. The molecule has 1 fully saturated rings. The topological polar surface area (TPSA) is 50.6 Å². The number of carbonyl (C=O) groups excluding carboxylic acids is 1. The number of para-hydroxylation sites is 1. The number of aromatic nitrogens is 2. The molecule has 0 bridgehead atoms. The molecule has 1 amide bonds. The maximum Gasteiger partial charge on any atom is 0.278 e. The third-order valence-corrected chi connectivity index (χ3v) is 5.65. The number of amides is 1. The van der Waals surface area contributed by atoms with E-state index in [0.29, 0.717) is 18.0 Å². The van der Waals surface area contributed by atoms with Crippen LogP contribution in [0.5, 0.6) is 5.75 Å². The number of hydrogen-bond donors (Lipinski definition) is 0. The number of aryl methyl sites for hydroxylation is 1. The van der Waals surface area contributed by atoms with Gasteiger partial charge in [-0.05, 0) is 36.6 Å². The zero-order valence-electron chi connectivity index (χ0n) is 17.6. The number of benzene rings is 2. The van der Waals surface area contributed by atoms with Gasteiger partial charge in [-0.25, -0.2) is 4.68 Å². The van der Waals surface area contributed by atoms with Crippen LogP contribution in [0.3, 0.4) is 0 Å². The van der Waals surface area contributed by atoms with E-state index < -0.39 is 0 Å². The van der Waals surface area contributed by atoms with Crippen molar-refractivity contribution in [3.63, 3.8) is 0 Å². The van der Waals surface area contributed by atoms with Gasteiger partial charge in [0.15, 0.2) is 11.4 Å². The van der Waals surface area contributed by atoms with Crippen LogP contribution in [0.2, 0.25) is 0 Å². The van der Waals surface area contributed by atoms with Crippen molar-refractivity contribution < 1.29 is 9.53 Å². The second-order valence-corrected chi connectivity index (χ2v) is 7.67. The molecule has 0 N–H and O–H groups in total. The van der Waals surface area contributed by atoms with Crippen LogP contribution >= 0.6 is 0 Å². The van der Waals surface area contributed by atoms with Crippen LogP contribution in [0.15, 0.2) is 60.8 Å². The Morgan fingerprint density at radius 1 is 1.00 bits per heavy atom. The first-order valence-corrected chi connectivity index (χ1v) is 10.4. The summed E-state index contributed by atoms with van der Waals surface area (Å²) in [5.74, 6) is 0.434. The largest absolute Gasteiger partial charge is 0.493 e. The molecule has 4 rings (SSSR count). The Morgan fingerprint density at radius 3 is 2.53 bits per heavy atom. The number of rotatable bonds is 5. The number of hydrogen-bond acceptors (Lipinski definition) is 4. The lowest BCUT2D eigenvalue weighted by Gasteiger charge is -2.22. The minimum atomic E-state index is -0.0701. The Balaban J connectivity index is 1.46. The molecule has 0 unspecified atom stereocenters. The van der Waals surface area contributed by atoms with Gasteiger partial charge in [-0.15, -0.1) is 0 Å². The van der Waals surface area contributed by atoms with E-state index in [1.54, 1.807) is 18.0 Å². The summed E-state index contributed by atoms with van der Waals surface area (Å²) in [6.07, 6.45) is 2.71. The van der Waals surface area contributed by atoms with E-state index in [0.717, 1.165) is 38.3 Å². The van der Waals surface area contributed by atoms with Crippen molar-refractivity contribution in [2.75, 3.05) is 33.3 Å². The Hall–Kier alpha value is -3.12. The summed E-state index contributed by atoms with van der Waals surface area (Å²) in [5, 5.41) is 4.54. The van der Waals surface area contributed by atoms with Crippen molar-refractivity contribution in [1.29, 1.82) is 0 Å². The maximum atomic E-state index is 13.2. The van der Waals surface area contributed by atoms with Gasteiger partial charge < -0.3 is 9.64 Å². The highest BCUT2D eigenvalue weighted by Gasteiger charge is 2.26. The van der Waals surface area contributed by atoms with Crippen LogP contribution in [0.1, 0.15) is 28.0 Å². The van der Waals surface area contributed by atoms with E-state index >= 15 is 0 Å². The molecule has 1 aliphatic rings. The second-order valence-electron chi connectivity index (χ2n) is 7.67. The summed E-state index contributed by atoms with van der Waals surface area (Å²) in [7, 11) is 1.58. The highest BCUT2D eigenvalue weighted by molar-refractivity contribution is 5.95. The fourth-order valence-electron chi connectivity index (χ4n) is 3.88. The van der Waals surface area contributed by atoms with Crippen LogP contribution in [0.4, 0.5) is 0 Å². The lowest BCUT2D eigenvalue weighted by atomic mass is 10.1. The van der Waals surface area contributed by atoms with E-state index in [1.165, 1.54) is 11.1 Å². The molecule has 1 aromatic heterocycles. The predicted molar refractivity (Wildman–Crippen MR) is 117 cm³/mol. The Kier molecular flexibility index (Phi) is 6.14. The summed E-state index contributed by atoms with van der Waals surface area (Å²) in [5.41, 5.74) is 3.93. The fourth-order valence-corrected chi connectivity index (χ4v) is 3.88. The van der Waals surface area contributed by atoms with Gasteiger partial charge in [0.2, 0.25) is 0 Å². The lowest BCUT2D eigenvalue weighted by Crippen LogP contribution is -2.35. The standard InChI is InChI=1S/C24H28N4O2/c1-19-9-6-7-10-20(19)17-26-13-8-14-27(16-15-26)24(29)23-22(30-2)18-28(25-23)21-11-4-3-5-12-21/h3-7,9-12,18H,8,13-17H2,1-2H3. The summed E-state index contributed by atoms with van der Waals surface area (Å²) >= 11 is 0. The van der Waals surface area contributed by atoms with Gasteiger partial charge >= 0.3 is 0 Å². The van der Waals surface area contributed by atoms with Gasteiger partial charge in [-0.3, -0.25) is 9.69 Å². The van der Waals surface area contributed by atoms with Gasteiger partial charge in [0.25, 0.3) is 5.91 Å². The molecule has 0 spiro atoms. The van der Waals surface area contributed by atoms with Gasteiger partial charge in [0.05, 0.1) is 19.0 Å². The Bertz CT molecular complexity index is 999. The molecule has 6 heteroatoms. The van der Waals surface area contributed by atoms with Crippen molar-refractivity contribution in [3.8, 4) is 11.4 Å². The van der Waals surface area contributed by atoms with Crippen molar-refractivity contribution in [2.45, 2.75) is 19.9 Å². The van der Waals surface area contributed by atoms with Crippen molar-refractivity contribution in [1.82, 2.24) is 19.6 Å². The second kappa shape index (κ2) is 9.13. The quantitative estimate of drug-likeness (QED) is 0.653. The number of nitrogens with zero attached hydrogens (tertiary/aromatic N) is 4. The third-order valence-electron chi connectivity index (χ3n) is 5.65. The summed E-state index contributed by atoms with van der Waals surface area (Å²) in [6.45, 7) is 6.31. The fraction of sp³-hybridized carbons (Fsp3) is 0.333. The molecule has 2 heterocycles. The van der Waals surface area contributed by atoms with E-state index in [-0.39, 0.29) is 5.91 Å². The minimum Gasteiger partial charge on any atom is -0.493 e. The van der Waals surface area contributed by atoms with Crippen LogP contribution in [-0.2, 0) is 6.54 Å². The first-order valence-electron chi connectivity index (χ1n) is 10.4. The molecule has 30 heavy (non-hydrogen) atoms. The van der Waals surface area contributed by atoms with Crippen LogP contribution in [0, 0.1) is 6.92 Å². The predicted octanol–water partition coefficient (Wildman–Crippen LogP) is 3.54. The molecule has 0 radical (unpaired) electrons. The third kappa shape index (κ3) is 4.39. The minimum absolute atomic E-state index is 0.0701. The monoisotopic (exact) mass is 404 g/mol. The highest BCUT2D eigenvalue weighted by Crippen LogP contribution is 2.22. The van der Waals surface area contributed by atoms with Gasteiger partial charge in [0, 0.05) is 32.7 Å². The van der Waals surface area contributed by atoms with Crippen molar-refractivity contribution in [3.05, 3.63) is 77.6 Å². The molecule has 0 aliphatic carbocycles. The number of methoxy groups -OCH3 is 1. The zero-order valence-corrected chi connectivity index (χ0v) is 17.6. The summed E-state index contributed by atoms with van der Waals surface area (Å²) < 4.78 is 7.17. The SMILES string of the molecule is COc1cn(-c2ccccc2)nc1C(=O)N1CCCN(Cc2ccccc2C)CC1. The smallest absolute Gasteiger partial charge is 0.278 e. The number of carbonyl (C=O) groups is 1. The van der Waals surface area contributed by atoms with Crippen molar-refractivity contribution in [2.24, 2.45) is 0 Å². The molecular weight excluding hydrogens is 376 g/mol. The van der Waals surface area contributed by atoms with E-state index in [4.69, 9.17) is 4.74 Å². The van der Waals surface area contributed by atoms with E-state index in [9.17, 15) is 4.79 Å². The van der Waals surface area contributed by atoms with Gasteiger partial charge in [0.1, 0.15) is 0 Å². The first-order chi connectivity index (χ1) is 14.7. The molecule has 156 valence electrons. The van der Waals surface area contributed by atoms with Crippen LogP contribution < -0.4 is 4.74 Å². The summed E-state index contributed by atoms with van der Waals surface area (Å²) in [4.78, 5) is 17.6. The molecule has 0 saturated carbocycles. The van der Waals surface area contributed by atoms with Crippen LogP contribution in [-0.4, -0.2) is 58.8 Å². The van der Waals surface area contributed by atoms with Gasteiger partial charge in [-0.1, -0.05) is 42.5 Å².